The normalized spacial score (nSPS) is 12.1. The van der Waals surface area contributed by atoms with Crippen molar-refractivity contribution in [3.05, 3.63) is 68.2 Å². The van der Waals surface area contributed by atoms with Gasteiger partial charge in [0.1, 0.15) is 5.01 Å². The van der Waals surface area contributed by atoms with E-state index in [1.807, 2.05) is 31.2 Å². The van der Waals surface area contributed by atoms with Crippen LogP contribution < -0.4 is 0 Å². The molecule has 3 aromatic rings. The van der Waals surface area contributed by atoms with Crippen LogP contribution in [0.25, 0.3) is 10.2 Å². The maximum atomic E-state index is 12.8. The van der Waals surface area contributed by atoms with Crippen LogP contribution in [0.1, 0.15) is 28.3 Å². The van der Waals surface area contributed by atoms with E-state index in [4.69, 9.17) is 11.6 Å². The molecule has 0 radical (unpaired) electrons. The minimum Gasteiger partial charge on any atom is -0.332 e. The number of aromatic nitrogens is 1. The van der Waals surface area contributed by atoms with Crippen LogP contribution >= 0.6 is 22.9 Å². The number of hydrogen-bond acceptors (Lipinski definition) is 5. The van der Waals surface area contributed by atoms with Crippen molar-refractivity contribution in [1.82, 2.24) is 9.88 Å². The number of non-ortho nitro benzene ring substituents is 1. The van der Waals surface area contributed by atoms with Gasteiger partial charge in [0.05, 0.1) is 31.8 Å². The Bertz CT molecular complexity index is 940. The molecule has 0 saturated heterocycles. The lowest BCUT2D eigenvalue weighted by Gasteiger charge is -2.23. The highest BCUT2D eigenvalue weighted by Gasteiger charge is 2.25. The van der Waals surface area contributed by atoms with E-state index in [-0.39, 0.29) is 28.2 Å². The van der Waals surface area contributed by atoms with Gasteiger partial charge in [-0.25, -0.2) is 4.98 Å². The maximum absolute atomic E-state index is 12.8. The van der Waals surface area contributed by atoms with E-state index in [1.54, 1.807) is 7.05 Å². The third kappa shape index (κ3) is 3.33. The van der Waals surface area contributed by atoms with Crippen molar-refractivity contribution in [2.45, 2.75) is 13.0 Å². The highest BCUT2D eigenvalue weighted by Crippen LogP contribution is 2.31. The number of hydrogen-bond donors (Lipinski definition) is 0. The van der Waals surface area contributed by atoms with Crippen molar-refractivity contribution < 1.29 is 9.72 Å². The van der Waals surface area contributed by atoms with Gasteiger partial charge >= 0.3 is 0 Å². The minimum absolute atomic E-state index is 0.103. The van der Waals surface area contributed by atoms with Gasteiger partial charge in [-0.3, -0.25) is 14.9 Å². The van der Waals surface area contributed by atoms with Crippen LogP contribution in [0.3, 0.4) is 0 Å². The van der Waals surface area contributed by atoms with Gasteiger partial charge in [0.25, 0.3) is 11.6 Å². The number of nitro groups is 1. The van der Waals surface area contributed by atoms with Crippen LogP contribution in [-0.4, -0.2) is 27.8 Å². The Kier molecular flexibility index (Phi) is 4.69. The summed E-state index contributed by atoms with van der Waals surface area (Å²) in [5, 5.41) is 11.9. The molecule has 128 valence electrons. The molecule has 0 aliphatic carbocycles. The lowest BCUT2D eigenvalue weighted by molar-refractivity contribution is -0.384. The number of nitro benzene ring substituents is 1. The molecule has 0 bridgehead atoms. The fourth-order valence-electron chi connectivity index (χ4n) is 2.39. The molecule has 2 aromatic carbocycles. The number of rotatable bonds is 4. The predicted octanol–water partition coefficient (Wildman–Crippen LogP) is 4.69. The van der Waals surface area contributed by atoms with E-state index in [9.17, 15) is 14.9 Å². The van der Waals surface area contributed by atoms with E-state index in [0.29, 0.717) is 0 Å². The molecular formula is C17H14ClN3O3S. The predicted molar refractivity (Wildman–Crippen MR) is 98.2 cm³/mol. The van der Waals surface area contributed by atoms with Crippen LogP contribution in [0, 0.1) is 10.1 Å². The van der Waals surface area contributed by atoms with Crippen molar-refractivity contribution in [2.75, 3.05) is 7.05 Å². The maximum Gasteiger partial charge on any atom is 0.270 e. The Morgan fingerprint density at radius 2 is 2.04 bits per heavy atom. The molecule has 3 rings (SSSR count). The number of carbonyl (C=O) groups is 1. The first-order valence-electron chi connectivity index (χ1n) is 7.45. The second-order valence-corrected chi connectivity index (χ2v) is 7.00. The Morgan fingerprint density at radius 1 is 1.32 bits per heavy atom. The topological polar surface area (TPSA) is 76.3 Å². The number of amides is 1. The first kappa shape index (κ1) is 17.3. The zero-order valence-corrected chi connectivity index (χ0v) is 15.0. The van der Waals surface area contributed by atoms with Crippen LogP contribution in [0.2, 0.25) is 5.02 Å². The van der Waals surface area contributed by atoms with Crippen molar-refractivity contribution >= 4 is 44.7 Å². The monoisotopic (exact) mass is 375 g/mol. The molecule has 1 atom stereocenters. The number of benzene rings is 2. The Labute approximate surface area is 152 Å². The summed E-state index contributed by atoms with van der Waals surface area (Å²) in [5.41, 5.74) is 0.809. The van der Waals surface area contributed by atoms with E-state index < -0.39 is 4.92 Å². The summed E-state index contributed by atoms with van der Waals surface area (Å²) in [5.74, 6) is -0.388. The molecule has 1 amide bonds. The molecule has 1 heterocycles. The smallest absolute Gasteiger partial charge is 0.270 e. The highest BCUT2D eigenvalue weighted by molar-refractivity contribution is 7.18. The average Bonchev–Trinajstić information content (AvgIpc) is 3.04. The molecule has 1 aromatic heterocycles. The van der Waals surface area contributed by atoms with Crippen LogP contribution in [-0.2, 0) is 0 Å². The van der Waals surface area contributed by atoms with Crippen molar-refractivity contribution in [3.63, 3.8) is 0 Å². The van der Waals surface area contributed by atoms with Gasteiger partial charge in [0.15, 0.2) is 0 Å². The van der Waals surface area contributed by atoms with Gasteiger partial charge in [-0.2, -0.15) is 0 Å². The Balaban J connectivity index is 1.91. The Morgan fingerprint density at radius 3 is 2.72 bits per heavy atom. The molecule has 0 aliphatic rings. The van der Waals surface area contributed by atoms with Crippen LogP contribution in [0.15, 0.2) is 42.5 Å². The number of fused-ring (bicyclic) bond motifs is 1. The SMILES string of the molecule is C[C@H](c1nc2ccccc2s1)N(C)C(=O)c1cc([N+](=O)[O-])ccc1Cl. The van der Waals surface area contributed by atoms with Crippen LogP contribution in [0.4, 0.5) is 5.69 Å². The van der Waals surface area contributed by atoms with Gasteiger partial charge in [0.2, 0.25) is 0 Å². The molecule has 0 aliphatic heterocycles. The average molecular weight is 376 g/mol. The lowest BCUT2D eigenvalue weighted by atomic mass is 10.1. The number of para-hydroxylation sites is 1. The molecule has 0 fully saturated rings. The van der Waals surface area contributed by atoms with Crippen molar-refractivity contribution in [1.29, 1.82) is 0 Å². The lowest BCUT2D eigenvalue weighted by Crippen LogP contribution is -2.29. The van der Waals surface area contributed by atoms with Gasteiger partial charge in [0, 0.05) is 19.2 Å². The van der Waals surface area contributed by atoms with Crippen molar-refractivity contribution in [2.24, 2.45) is 0 Å². The summed E-state index contributed by atoms with van der Waals surface area (Å²) in [6.45, 7) is 1.86. The number of halogens is 1. The molecule has 0 unspecified atom stereocenters. The van der Waals surface area contributed by atoms with Gasteiger partial charge in [-0.15, -0.1) is 11.3 Å². The molecule has 25 heavy (non-hydrogen) atoms. The third-order valence-electron chi connectivity index (χ3n) is 3.96. The van der Waals surface area contributed by atoms with Crippen LogP contribution in [0.5, 0.6) is 0 Å². The minimum atomic E-state index is -0.552. The largest absolute Gasteiger partial charge is 0.332 e. The van der Waals surface area contributed by atoms with Gasteiger partial charge < -0.3 is 4.90 Å². The van der Waals surface area contributed by atoms with Crippen molar-refractivity contribution in [3.8, 4) is 0 Å². The summed E-state index contributed by atoms with van der Waals surface area (Å²) < 4.78 is 1.04. The summed E-state index contributed by atoms with van der Waals surface area (Å²) in [6, 6.07) is 11.3. The molecule has 0 saturated carbocycles. The highest BCUT2D eigenvalue weighted by atomic mass is 35.5. The van der Waals surface area contributed by atoms with E-state index >= 15 is 0 Å². The summed E-state index contributed by atoms with van der Waals surface area (Å²) >= 11 is 7.58. The Hall–Kier alpha value is -2.51. The zero-order chi connectivity index (χ0) is 18.1. The summed E-state index contributed by atoms with van der Waals surface area (Å²) in [6.07, 6.45) is 0. The molecule has 8 heteroatoms. The summed E-state index contributed by atoms with van der Waals surface area (Å²) in [4.78, 5) is 29.2. The van der Waals surface area contributed by atoms with Gasteiger partial charge in [-0.1, -0.05) is 23.7 Å². The second kappa shape index (κ2) is 6.78. The third-order valence-corrected chi connectivity index (χ3v) is 5.50. The molecule has 6 nitrogen and oxygen atoms in total. The number of nitrogens with zero attached hydrogens (tertiary/aromatic N) is 3. The first-order valence-corrected chi connectivity index (χ1v) is 8.64. The molecule has 0 N–H and O–H groups in total. The number of carbonyl (C=O) groups excluding carboxylic acids is 1. The van der Waals surface area contributed by atoms with Gasteiger partial charge in [-0.05, 0) is 25.1 Å². The first-order chi connectivity index (χ1) is 11.9. The van der Waals surface area contributed by atoms with E-state index in [1.165, 1.54) is 34.4 Å². The van der Waals surface area contributed by atoms with E-state index in [2.05, 4.69) is 4.98 Å². The fraction of sp³-hybridized carbons (Fsp3) is 0.176. The fourth-order valence-corrected chi connectivity index (χ4v) is 3.65. The standard InChI is InChI=1S/C17H14ClN3O3S/c1-10(16-19-14-5-3-4-6-15(14)25-16)20(2)17(22)12-9-11(21(23)24)7-8-13(12)18/h3-10H,1-2H3/t10-/m1/s1. The molecule has 0 spiro atoms. The zero-order valence-electron chi connectivity index (χ0n) is 13.5. The summed E-state index contributed by atoms with van der Waals surface area (Å²) in [7, 11) is 1.63. The second-order valence-electron chi connectivity index (χ2n) is 5.53. The van der Waals surface area contributed by atoms with E-state index in [0.717, 1.165) is 15.2 Å². The quantitative estimate of drug-likeness (QED) is 0.489. The number of thiazole rings is 1. The molecular weight excluding hydrogens is 362 g/mol.